The number of hydrazine groups is 1. The maximum absolute atomic E-state index is 13.6. The molecule has 2 aromatic rings. The molecule has 0 aromatic heterocycles. The molecule has 2 aromatic carbocycles. The maximum atomic E-state index is 13.6. The van der Waals surface area contributed by atoms with Gasteiger partial charge in [-0.15, -0.1) is 0 Å². The monoisotopic (exact) mass is 476 g/mol. The zero-order valence-corrected chi connectivity index (χ0v) is 19.0. The maximum Gasteiger partial charge on any atom is 0.417 e. The summed E-state index contributed by atoms with van der Waals surface area (Å²) in [5.41, 5.74) is -2.01. The molecule has 1 saturated heterocycles. The molecule has 0 bridgehead atoms. The lowest BCUT2D eigenvalue weighted by atomic mass is 9.90. The van der Waals surface area contributed by atoms with Gasteiger partial charge in [-0.25, -0.2) is 5.01 Å². The van der Waals surface area contributed by atoms with E-state index in [-0.39, 0.29) is 19.0 Å². The zero-order chi connectivity index (χ0) is 24.7. The van der Waals surface area contributed by atoms with Crippen LogP contribution in [0.4, 0.5) is 24.5 Å². The zero-order valence-electron chi connectivity index (χ0n) is 19.0. The van der Waals surface area contributed by atoms with Crippen LogP contribution in [0, 0.1) is 0 Å². The molecule has 1 spiro atoms. The van der Waals surface area contributed by atoms with Crippen LogP contribution in [0.5, 0.6) is 0 Å². The summed E-state index contributed by atoms with van der Waals surface area (Å²) in [6, 6.07) is 16.5. The van der Waals surface area contributed by atoms with Crippen LogP contribution < -0.4 is 10.3 Å². The fourth-order valence-corrected chi connectivity index (χ4v) is 4.54. The van der Waals surface area contributed by atoms with Crippen molar-refractivity contribution >= 4 is 23.2 Å². The summed E-state index contributed by atoms with van der Waals surface area (Å²) in [5.74, 6) is -0.983. The number of hydrogen-bond donors (Lipinski definition) is 2. The van der Waals surface area contributed by atoms with E-state index in [0.717, 1.165) is 5.69 Å². The number of fused-ring (bicyclic) bond motifs is 1. The second kappa shape index (κ2) is 8.50. The van der Waals surface area contributed by atoms with Gasteiger partial charge in [0, 0.05) is 38.7 Å². The van der Waals surface area contributed by atoms with Gasteiger partial charge >= 0.3 is 6.18 Å². The van der Waals surface area contributed by atoms with Crippen molar-refractivity contribution in [1.82, 2.24) is 9.91 Å². The number of benzene rings is 2. The minimum Gasteiger partial charge on any atom is -0.380 e. The van der Waals surface area contributed by atoms with E-state index < -0.39 is 29.8 Å². The van der Waals surface area contributed by atoms with Crippen molar-refractivity contribution in [3.63, 3.8) is 0 Å². The van der Waals surface area contributed by atoms with E-state index in [1.54, 1.807) is 29.2 Å². The fourth-order valence-electron chi connectivity index (χ4n) is 4.54. The molecule has 0 radical (unpaired) electrons. The van der Waals surface area contributed by atoms with E-state index in [0.29, 0.717) is 31.0 Å². The Morgan fingerprint density at radius 1 is 1.09 bits per heavy atom. The van der Waals surface area contributed by atoms with Crippen LogP contribution in [0.1, 0.15) is 36.5 Å². The average Bonchev–Trinajstić information content (AvgIpc) is 2.79. The van der Waals surface area contributed by atoms with Crippen molar-refractivity contribution in [2.45, 2.75) is 43.6 Å². The Morgan fingerprint density at radius 2 is 1.68 bits per heavy atom. The number of amides is 2. The highest BCUT2D eigenvalue weighted by Crippen LogP contribution is 2.40. The standard InChI is InChI=1S/C24H27F3N4O3/c1-22(34,24(25,26)27)16-20(32)30-14-12-23(13-15-30)28-19-11-7-6-10-18(19)21(33)31(23)29(2)17-8-4-3-5-9-17/h3-11,28,34H,12-16H2,1-2H3. The number of aliphatic hydroxyl groups is 1. The molecule has 1 unspecified atom stereocenters. The number of carbonyl (C=O) groups excluding carboxylic acids is 2. The van der Waals surface area contributed by atoms with Crippen LogP contribution in [0.2, 0.25) is 0 Å². The minimum atomic E-state index is -4.91. The highest BCUT2D eigenvalue weighted by atomic mass is 19.4. The molecule has 0 aliphatic carbocycles. The number of halogens is 3. The molecule has 182 valence electrons. The molecule has 2 N–H and O–H groups in total. The third-order valence-corrected chi connectivity index (χ3v) is 6.60. The minimum absolute atomic E-state index is 0.133. The van der Waals surface area contributed by atoms with Crippen LogP contribution in [-0.4, -0.2) is 64.4 Å². The largest absolute Gasteiger partial charge is 0.417 e. The summed E-state index contributed by atoms with van der Waals surface area (Å²) in [7, 11) is 1.78. The van der Waals surface area contributed by atoms with Gasteiger partial charge in [0.1, 0.15) is 5.66 Å². The summed E-state index contributed by atoms with van der Waals surface area (Å²) >= 11 is 0. The summed E-state index contributed by atoms with van der Waals surface area (Å²) in [6.45, 7) is 0.869. The van der Waals surface area contributed by atoms with Gasteiger partial charge < -0.3 is 15.3 Å². The van der Waals surface area contributed by atoms with Gasteiger partial charge in [0.2, 0.25) is 5.91 Å². The normalized spacial score (nSPS) is 19.3. The number of alkyl halides is 3. The van der Waals surface area contributed by atoms with E-state index >= 15 is 0 Å². The number of nitrogens with zero attached hydrogens (tertiary/aromatic N) is 3. The van der Waals surface area contributed by atoms with Gasteiger partial charge in [-0.2, -0.15) is 13.2 Å². The molecule has 0 saturated carbocycles. The first kappa shape index (κ1) is 23.9. The van der Waals surface area contributed by atoms with Gasteiger partial charge in [-0.05, 0) is 31.2 Å². The molecule has 7 nitrogen and oxygen atoms in total. The average molecular weight is 476 g/mol. The Labute approximate surface area is 195 Å². The third kappa shape index (κ3) is 4.18. The van der Waals surface area contributed by atoms with Gasteiger partial charge in [-0.1, -0.05) is 30.3 Å². The first-order chi connectivity index (χ1) is 16.0. The molecule has 2 aliphatic heterocycles. The van der Waals surface area contributed by atoms with E-state index in [1.807, 2.05) is 42.5 Å². The first-order valence-electron chi connectivity index (χ1n) is 11.0. The van der Waals surface area contributed by atoms with Crippen molar-refractivity contribution in [3.05, 3.63) is 60.2 Å². The predicted molar refractivity (Wildman–Crippen MR) is 121 cm³/mol. The molecule has 4 rings (SSSR count). The molecule has 2 aliphatic rings. The SMILES string of the molecule is CN(c1ccccc1)N1C(=O)c2ccccc2NC12CCN(C(=O)CC(C)(O)C(F)(F)F)CC2. The summed E-state index contributed by atoms with van der Waals surface area (Å²) in [4.78, 5) is 27.5. The van der Waals surface area contributed by atoms with Crippen molar-refractivity contribution in [1.29, 1.82) is 0 Å². The van der Waals surface area contributed by atoms with Crippen molar-refractivity contribution in [2.24, 2.45) is 0 Å². The molecule has 10 heteroatoms. The molecule has 2 heterocycles. The van der Waals surface area contributed by atoms with Gasteiger partial charge in [-0.3, -0.25) is 14.6 Å². The van der Waals surface area contributed by atoms with Crippen LogP contribution >= 0.6 is 0 Å². The number of likely N-dealkylation sites (tertiary alicyclic amines) is 1. The highest BCUT2D eigenvalue weighted by molar-refractivity contribution is 6.03. The van der Waals surface area contributed by atoms with E-state index in [4.69, 9.17) is 0 Å². The Hall–Kier alpha value is -3.27. The highest BCUT2D eigenvalue weighted by Gasteiger charge is 2.53. The Kier molecular flexibility index (Phi) is 5.97. The van der Waals surface area contributed by atoms with Crippen molar-refractivity contribution < 1.29 is 27.9 Å². The van der Waals surface area contributed by atoms with Gasteiger partial charge in [0.05, 0.1) is 17.7 Å². The molecule has 34 heavy (non-hydrogen) atoms. The lowest BCUT2D eigenvalue weighted by molar-refractivity contribution is -0.254. The van der Waals surface area contributed by atoms with Crippen LogP contribution in [0.15, 0.2) is 54.6 Å². The number of rotatable bonds is 4. The lowest BCUT2D eigenvalue weighted by Crippen LogP contribution is -2.68. The molecular formula is C24H27F3N4O3. The fraction of sp³-hybridized carbons (Fsp3) is 0.417. The number of piperidine rings is 1. The second-order valence-electron chi connectivity index (χ2n) is 9.01. The Bertz CT molecular complexity index is 1070. The topological polar surface area (TPSA) is 76.1 Å². The quantitative estimate of drug-likeness (QED) is 0.705. The Balaban J connectivity index is 1.60. The molecule has 2 amide bonds. The van der Waals surface area contributed by atoms with E-state index in [2.05, 4.69) is 5.32 Å². The van der Waals surface area contributed by atoms with E-state index in [9.17, 15) is 27.9 Å². The van der Waals surface area contributed by atoms with Gasteiger partial charge in [0.25, 0.3) is 5.91 Å². The van der Waals surface area contributed by atoms with Crippen molar-refractivity contribution in [2.75, 3.05) is 30.5 Å². The lowest BCUT2D eigenvalue weighted by Gasteiger charge is -2.54. The third-order valence-electron chi connectivity index (χ3n) is 6.60. The van der Waals surface area contributed by atoms with Crippen LogP contribution in [0.3, 0.4) is 0 Å². The summed E-state index contributed by atoms with van der Waals surface area (Å²) < 4.78 is 39.2. The molecule has 1 fully saturated rings. The van der Waals surface area contributed by atoms with Crippen LogP contribution in [0.25, 0.3) is 0 Å². The predicted octanol–water partition coefficient (Wildman–Crippen LogP) is 3.63. The number of nitrogens with one attached hydrogen (secondary N) is 1. The van der Waals surface area contributed by atoms with E-state index in [1.165, 1.54) is 4.90 Å². The second-order valence-corrected chi connectivity index (χ2v) is 9.01. The van der Waals surface area contributed by atoms with Crippen molar-refractivity contribution in [3.8, 4) is 0 Å². The number of anilines is 2. The number of hydrogen-bond acceptors (Lipinski definition) is 5. The first-order valence-corrected chi connectivity index (χ1v) is 11.0. The summed E-state index contributed by atoms with van der Waals surface area (Å²) in [5, 5.41) is 16.6. The molecule has 1 atom stereocenters. The van der Waals surface area contributed by atoms with Gasteiger partial charge in [0.15, 0.2) is 5.60 Å². The Morgan fingerprint density at radius 3 is 2.29 bits per heavy atom. The smallest absolute Gasteiger partial charge is 0.380 e. The summed E-state index contributed by atoms with van der Waals surface area (Å²) in [6.07, 6.45) is -5.36. The number of para-hydroxylation sites is 2. The molecular weight excluding hydrogens is 449 g/mol. The van der Waals surface area contributed by atoms with Crippen LogP contribution in [-0.2, 0) is 4.79 Å². The number of carbonyl (C=O) groups is 2.